The Balaban J connectivity index is 2.03. The summed E-state index contributed by atoms with van der Waals surface area (Å²) in [6.07, 6.45) is 1.51. The van der Waals surface area contributed by atoms with Crippen LogP contribution in [0.4, 0.5) is 0 Å². The van der Waals surface area contributed by atoms with Crippen molar-refractivity contribution >= 4 is 36.4 Å². The monoisotopic (exact) mass is 331 g/mol. The van der Waals surface area contributed by atoms with E-state index in [4.69, 9.17) is 0 Å². The van der Waals surface area contributed by atoms with Crippen LogP contribution >= 0.6 is 10.5 Å². The van der Waals surface area contributed by atoms with E-state index in [1.54, 1.807) is 0 Å². The van der Waals surface area contributed by atoms with Gasteiger partial charge in [0.05, 0.1) is 0 Å². The van der Waals surface area contributed by atoms with E-state index in [-0.39, 0.29) is 16.3 Å². The highest BCUT2D eigenvalue weighted by Crippen LogP contribution is 2.48. The molecule has 1 atom stereocenters. The number of rotatable bonds is 4. The van der Waals surface area contributed by atoms with Gasteiger partial charge >= 0.3 is 0 Å². The summed E-state index contributed by atoms with van der Waals surface area (Å²) >= 11 is 0. The SMILES string of the molecule is CCCC(=O)c1ccc2c(c1)c1ccccc1[s+]2-c1ccccc1. The number of fused-ring (bicyclic) bond motifs is 3. The largest absolute Gasteiger partial charge is 0.294 e. The smallest absolute Gasteiger partial charge is 0.187 e. The van der Waals surface area contributed by atoms with Crippen LogP contribution in [0.25, 0.3) is 25.1 Å². The lowest BCUT2D eigenvalue weighted by Crippen LogP contribution is -1.97. The summed E-state index contributed by atoms with van der Waals surface area (Å²) in [5.41, 5.74) is 0.837. The predicted molar refractivity (Wildman–Crippen MR) is 105 cm³/mol. The summed E-state index contributed by atoms with van der Waals surface area (Å²) in [5, 5.41) is 2.49. The van der Waals surface area contributed by atoms with Gasteiger partial charge < -0.3 is 0 Å². The molecule has 1 nitrogen and oxygen atoms in total. The highest BCUT2D eigenvalue weighted by atomic mass is 32.2. The number of hydrogen-bond acceptors (Lipinski definition) is 1. The molecule has 0 aliphatic heterocycles. The van der Waals surface area contributed by atoms with E-state index in [9.17, 15) is 4.79 Å². The minimum atomic E-state index is -0.0771. The van der Waals surface area contributed by atoms with Gasteiger partial charge in [-0.05, 0) is 48.9 Å². The minimum Gasteiger partial charge on any atom is -0.294 e. The fourth-order valence-electron chi connectivity index (χ4n) is 3.26. The Hall–Kier alpha value is -2.45. The van der Waals surface area contributed by atoms with Crippen molar-refractivity contribution in [2.24, 2.45) is 0 Å². The molecule has 1 unspecified atom stereocenters. The maximum Gasteiger partial charge on any atom is 0.187 e. The van der Waals surface area contributed by atoms with Crippen molar-refractivity contribution in [1.29, 1.82) is 0 Å². The van der Waals surface area contributed by atoms with Crippen LogP contribution in [0.2, 0.25) is 0 Å². The van der Waals surface area contributed by atoms with Crippen LogP contribution < -0.4 is 0 Å². The van der Waals surface area contributed by atoms with Gasteiger partial charge in [0.2, 0.25) is 0 Å². The van der Waals surface area contributed by atoms with Gasteiger partial charge in [-0.3, -0.25) is 4.79 Å². The first-order chi connectivity index (χ1) is 11.8. The second kappa shape index (κ2) is 6.21. The Labute approximate surface area is 144 Å². The fraction of sp³-hybridized carbons (Fsp3) is 0.136. The van der Waals surface area contributed by atoms with E-state index in [0.717, 1.165) is 12.0 Å². The summed E-state index contributed by atoms with van der Waals surface area (Å²) in [7, 11) is -0.0771. The van der Waals surface area contributed by atoms with Gasteiger partial charge in [0.15, 0.2) is 20.1 Å². The van der Waals surface area contributed by atoms with E-state index in [1.165, 1.54) is 25.1 Å². The van der Waals surface area contributed by atoms with Crippen LogP contribution in [-0.4, -0.2) is 5.78 Å². The average molecular weight is 331 g/mol. The average Bonchev–Trinajstić information content (AvgIpc) is 2.96. The molecular weight excluding hydrogens is 312 g/mol. The molecule has 24 heavy (non-hydrogen) atoms. The third-order valence-corrected chi connectivity index (χ3v) is 6.71. The molecule has 0 radical (unpaired) electrons. The normalized spacial score (nSPS) is 12.0. The first-order valence-corrected chi connectivity index (χ1v) is 9.58. The molecule has 118 valence electrons. The third kappa shape index (κ3) is 2.44. The lowest BCUT2D eigenvalue weighted by Gasteiger charge is -1.98. The molecule has 0 amide bonds. The molecule has 0 N–H and O–H groups in total. The first kappa shape index (κ1) is 15.1. The van der Waals surface area contributed by atoms with Crippen LogP contribution in [0.1, 0.15) is 30.1 Å². The molecule has 0 saturated heterocycles. The van der Waals surface area contributed by atoms with Crippen molar-refractivity contribution in [3.05, 3.63) is 78.4 Å². The quantitative estimate of drug-likeness (QED) is 0.300. The van der Waals surface area contributed by atoms with Crippen LogP contribution in [0.5, 0.6) is 0 Å². The van der Waals surface area contributed by atoms with Crippen molar-refractivity contribution in [2.45, 2.75) is 19.8 Å². The Morgan fingerprint density at radius 3 is 2.33 bits per heavy atom. The van der Waals surface area contributed by atoms with Gasteiger partial charge in [-0.2, -0.15) is 0 Å². The molecule has 0 fully saturated rings. The molecule has 0 aliphatic rings. The summed E-state index contributed by atoms with van der Waals surface area (Å²) in [4.78, 5) is 13.6. The first-order valence-electron chi connectivity index (χ1n) is 8.35. The minimum absolute atomic E-state index is 0.0771. The van der Waals surface area contributed by atoms with E-state index >= 15 is 0 Å². The second-order valence-corrected chi connectivity index (χ2v) is 7.96. The van der Waals surface area contributed by atoms with E-state index < -0.39 is 0 Å². The zero-order valence-corrected chi connectivity index (χ0v) is 14.5. The molecule has 1 aromatic heterocycles. The zero-order chi connectivity index (χ0) is 16.5. The lowest BCUT2D eigenvalue weighted by atomic mass is 10.0. The maximum atomic E-state index is 12.3. The number of Topliss-reactive ketones (excluding diaryl/α,β-unsaturated/α-hetero) is 1. The zero-order valence-electron chi connectivity index (χ0n) is 13.7. The van der Waals surface area contributed by atoms with Gasteiger partial charge in [-0.25, -0.2) is 0 Å². The van der Waals surface area contributed by atoms with Gasteiger partial charge in [0.1, 0.15) is 0 Å². The molecule has 1 heterocycles. The van der Waals surface area contributed by atoms with Gasteiger partial charge in [-0.1, -0.05) is 37.3 Å². The number of carbonyl (C=O) groups excluding carboxylic acids is 1. The number of ketones is 1. The van der Waals surface area contributed by atoms with Crippen molar-refractivity contribution in [2.75, 3.05) is 0 Å². The van der Waals surface area contributed by atoms with Gasteiger partial charge in [0, 0.05) is 33.2 Å². The molecule has 2 heteroatoms. The summed E-state index contributed by atoms with van der Waals surface area (Å²) in [6, 6.07) is 25.5. The van der Waals surface area contributed by atoms with E-state index in [1.807, 2.05) is 13.0 Å². The molecule has 0 spiro atoms. The van der Waals surface area contributed by atoms with E-state index in [2.05, 4.69) is 66.7 Å². The second-order valence-electron chi connectivity index (χ2n) is 6.00. The molecular formula is C22H19OS+. The predicted octanol–water partition coefficient (Wildman–Crippen LogP) is 6.71. The van der Waals surface area contributed by atoms with Gasteiger partial charge in [-0.15, -0.1) is 0 Å². The Kier molecular flexibility index (Phi) is 3.91. The summed E-state index contributed by atoms with van der Waals surface area (Å²) in [5.74, 6) is 0.240. The van der Waals surface area contributed by atoms with Crippen LogP contribution in [0.15, 0.2) is 72.8 Å². The number of thiophene rings is 1. The van der Waals surface area contributed by atoms with Crippen LogP contribution in [0, 0.1) is 0 Å². The fourth-order valence-corrected chi connectivity index (χ4v) is 5.64. The molecule has 4 aromatic rings. The van der Waals surface area contributed by atoms with Gasteiger partial charge in [0.25, 0.3) is 0 Å². The molecule has 0 aliphatic carbocycles. The highest BCUT2D eigenvalue weighted by molar-refractivity contribution is 7.50. The van der Waals surface area contributed by atoms with Crippen molar-refractivity contribution in [1.82, 2.24) is 0 Å². The summed E-state index contributed by atoms with van der Waals surface area (Å²) < 4.78 is 2.69. The number of benzene rings is 3. The van der Waals surface area contributed by atoms with Crippen molar-refractivity contribution < 1.29 is 4.79 Å². The lowest BCUT2D eigenvalue weighted by molar-refractivity contribution is 0.0982. The Morgan fingerprint density at radius 2 is 1.54 bits per heavy atom. The number of hydrogen-bond donors (Lipinski definition) is 0. The Morgan fingerprint density at radius 1 is 0.833 bits per heavy atom. The standard InChI is InChI=1S/C22H19OS/c1-2-8-20(23)16-13-14-22-19(15-16)18-11-6-7-12-21(18)24(22)17-9-4-3-5-10-17/h3-7,9-15H,2,8H2,1H3/q+1. The Bertz CT molecular complexity index is 1030. The molecule has 0 saturated carbocycles. The van der Waals surface area contributed by atoms with Crippen LogP contribution in [-0.2, 0) is 0 Å². The molecule has 0 bridgehead atoms. The topological polar surface area (TPSA) is 17.1 Å². The maximum absolute atomic E-state index is 12.3. The molecule has 3 aromatic carbocycles. The van der Waals surface area contributed by atoms with E-state index in [0.29, 0.717) is 6.42 Å². The highest BCUT2D eigenvalue weighted by Gasteiger charge is 2.23. The number of carbonyl (C=O) groups is 1. The van der Waals surface area contributed by atoms with Crippen molar-refractivity contribution in [3.8, 4) is 4.90 Å². The van der Waals surface area contributed by atoms with Crippen LogP contribution in [0.3, 0.4) is 0 Å². The molecule has 4 rings (SSSR count). The third-order valence-electron chi connectivity index (χ3n) is 4.37. The summed E-state index contributed by atoms with van der Waals surface area (Å²) in [6.45, 7) is 2.05. The van der Waals surface area contributed by atoms with Crippen molar-refractivity contribution in [3.63, 3.8) is 0 Å².